The Labute approximate surface area is 180 Å². The van der Waals surface area contributed by atoms with Crippen molar-refractivity contribution in [3.8, 4) is 12.1 Å². The number of rotatable bonds is 2. The van der Waals surface area contributed by atoms with E-state index in [1.165, 1.54) is 0 Å². The van der Waals surface area contributed by atoms with Crippen molar-refractivity contribution in [1.82, 2.24) is 10.6 Å². The highest BCUT2D eigenvalue weighted by Gasteiger charge is 2.30. The van der Waals surface area contributed by atoms with Crippen LogP contribution in [0.3, 0.4) is 0 Å². The first kappa shape index (κ1) is 25.6. The predicted octanol–water partition coefficient (Wildman–Crippen LogP) is 4.41. The average molecular weight is 421 g/mol. The summed E-state index contributed by atoms with van der Waals surface area (Å²) in [5.74, 6) is -0.116. The van der Waals surface area contributed by atoms with Crippen molar-refractivity contribution in [1.29, 1.82) is 10.5 Å². The van der Waals surface area contributed by atoms with Gasteiger partial charge in [0, 0.05) is 12.1 Å². The fourth-order valence-electron chi connectivity index (χ4n) is 3.49. The Morgan fingerprint density at radius 3 is 1.33 bits per heavy atom. The van der Waals surface area contributed by atoms with Crippen molar-refractivity contribution >= 4 is 12.2 Å². The second kappa shape index (κ2) is 11.1. The zero-order valence-electron chi connectivity index (χ0n) is 19.1. The van der Waals surface area contributed by atoms with Gasteiger partial charge in [0.2, 0.25) is 0 Å². The molecule has 2 N–H and O–H groups in total. The third-order valence-corrected chi connectivity index (χ3v) is 4.77. The van der Waals surface area contributed by atoms with E-state index < -0.39 is 23.4 Å². The molecule has 2 amide bonds. The number of nitrogens with zero attached hydrogens (tertiary/aromatic N) is 2. The molecule has 30 heavy (non-hydrogen) atoms. The fourth-order valence-corrected chi connectivity index (χ4v) is 3.49. The first-order chi connectivity index (χ1) is 13.8. The van der Waals surface area contributed by atoms with Gasteiger partial charge in [0.15, 0.2) is 0 Å². The van der Waals surface area contributed by atoms with Gasteiger partial charge in [-0.3, -0.25) is 0 Å². The number of alkyl carbamates (subject to hydrolysis) is 2. The van der Waals surface area contributed by atoms with E-state index in [0.717, 1.165) is 38.5 Å². The van der Waals surface area contributed by atoms with Crippen LogP contribution in [-0.4, -0.2) is 35.5 Å². The molecule has 4 atom stereocenters. The standard InChI is InChI=1S/2C11H18N2O2/c2*1-11(2,3)15-10(14)13-9-6-4-5-8(9)7-12/h2*8-9H,4-6H2,1-3H3,(H,13,14)/t2*8-,9-/m10/s1. The van der Waals surface area contributed by atoms with Crippen molar-refractivity contribution in [3.05, 3.63) is 0 Å². The maximum atomic E-state index is 11.4. The smallest absolute Gasteiger partial charge is 0.407 e. The van der Waals surface area contributed by atoms with Gasteiger partial charge in [-0.25, -0.2) is 9.59 Å². The topological polar surface area (TPSA) is 124 Å². The number of ether oxygens (including phenoxy) is 2. The second-order valence-electron chi connectivity index (χ2n) is 9.84. The zero-order valence-corrected chi connectivity index (χ0v) is 19.1. The van der Waals surface area contributed by atoms with Gasteiger partial charge in [-0.2, -0.15) is 10.5 Å². The Morgan fingerprint density at radius 1 is 0.733 bits per heavy atom. The minimum Gasteiger partial charge on any atom is -0.444 e. The highest BCUT2D eigenvalue weighted by Crippen LogP contribution is 2.26. The summed E-state index contributed by atoms with van der Waals surface area (Å²) in [6, 6.07) is 4.35. The lowest BCUT2D eigenvalue weighted by Gasteiger charge is -2.22. The van der Waals surface area contributed by atoms with Gasteiger partial charge in [0.25, 0.3) is 0 Å². The van der Waals surface area contributed by atoms with Gasteiger partial charge >= 0.3 is 12.2 Å². The van der Waals surface area contributed by atoms with Crippen molar-refractivity contribution in [3.63, 3.8) is 0 Å². The van der Waals surface area contributed by atoms with Crippen molar-refractivity contribution < 1.29 is 19.1 Å². The molecule has 2 aliphatic carbocycles. The largest absolute Gasteiger partial charge is 0.444 e. The number of hydrogen-bond acceptors (Lipinski definition) is 6. The number of carbonyl (C=O) groups is 2. The molecule has 0 unspecified atom stereocenters. The van der Waals surface area contributed by atoms with Crippen LogP contribution in [0.25, 0.3) is 0 Å². The van der Waals surface area contributed by atoms with Gasteiger partial charge in [0.1, 0.15) is 11.2 Å². The van der Waals surface area contributed by atoms with Crippen LogP contribution in [0.1, 0.15) is 80.1 Å². The third-order valence-electron chi connectivity index (χ3n) is 4.77. The first-order valence-corrected chi connectivity index (χ1v) is 10.6. The van der Waals surface area contributed by atoms with Crippen LogP contribution < -0.4 is 10.6 Å². The summed E-state index contributed by atoms with van der Waals surface area (Å²) < 4.78 is 10.3. The Kier molecular flexibility index (Phi) is 9.42. The molecule has 0 aliphatic heterocycles. The van der Waals surface area contributed by atoms with Crippen LogP contribution in [0.5, 0.6) is 0 Å². The normalized spacial score (nSPS) is 25.7. The third kappa shape index (κ3) is 9.82. The number of nitriles is 2. The van der Waals surface area contributed by atoms with E-state index in [4.69, 9.17) is 20.0 Å². The van der Waals surface area contributed by atoms with E-state index in [2.05, 4.69) is 22.8 Å². The minimum atomic E-state index is -0.481. The Balaban J connectivity index is 0.000000300. The lowest BCUT2D eigenvalue weighted by molar-refractivity contribution is 0.0487. The molecular weight excluding hydrogens is 384 g/mol. The number of amides is 2. The number of carbonyl (C=O) groups excluding carboxylic acids is 2. The van der Waals surface area contributed by atoms with E-state index in [-0.39, 0.29) is 23.9 Å². The summed E-state index contributed by atoms with van der Waals surface area (Å²) in [6.07, 6.45) is 4.64. The number of hydrogen-bond donors (Lipinski definition) is 2. The lowest BCUT2D eigenvalue weighted by atomic mass is 10.1. The van der Waals surface area contributed by atoms with Crippen LogP contribution in [-0.2, 0) is 9.47 Å². The summed E-state index contributed by atoms with van der Waals surface area (Å²) in [7, 11) is 0. The summed E-state index contributed by atoms with van der Waals surface area (Å²) in [5, 5.41) is 23.2. The molecule has 2 fully saturated rings. The predicted molar refractivity (Wildman–Crippen MR) is 112 cm³/mol. The molecular formula is C22H36N4O4. The van der Waals surface area contributed by atoms with Gasteiger partial charge in [-0.15, -0.1) is 0 Å². The van der Waals surface area contributed by atoms with Crippen LogP contribution in [0.2, 0.25) is 0 Å². The molecule has 168 valence electrons. The van der Waals surface area contributed by atoms with Gasteiger partial charge in [0.05, 0.1) is 24.0 Å². The van der Waals surface area contributed by atoms with E-state index in [1.807, 2.05) is 41.5 Å². The van der Waals surface area contributed by atoms with Crippen molar-refractivity contribution in [2.45, 2.75) is 103 Å². The molecule has 0 heterocycles. The van der Waals surface area contributed by atoms with Gasteiger partial charge < -0.3 is 20.1 Å². The van der Waals surface area contributed by atoms with Gasteiger partial charge in [-0.05, 0) is 80.1 Å². The summed E-state index contributed by atoms with van der Waals surface area (Å²) in [4.78, 5) is 22.9. The second-order valence-corrected chi connectivity index (χ2v) is 9.84. The Hall–Kier alpha value is -2.48. The Bertz CT molecular complexity index is 609. The van der Waals surface area contributed by atoms with Crippen LogP contribution >= 0.6 is 0 Å². The van der Waals surface area contributed by atoms with E-state index in [9.17, 15) is 9.59 Å². The maximum absolute atomic E-state index is 11.4. The van der Waals surface area contributed by atoms with Crippen LogP contribution in [0, 0.1) is 34.5 Å². The highest BCUT2D eigenvalue weighted by atomic mass is 16.6. The molecule has 2 saturated carbocycles. The molecule has 0 radical (unpaired) electrons. The van der Waals surface area contributed by atoms with Crippen LogP contribution in [0.15, 0.2) is 0 Å². The quantitative estimate of drug-likeness (QED) is 0.682. The summed E-state index contributed by atoms with van der Waals surface area (Å²) in [5.41, 5.74) is -0.963. The highest BCUT2D eigenvalue weighted by molar-refractivity contribution is 5.68. The Morgan fingerprint density at radius 2 is 1.07 bits per heavy atom. The monoisotopic (exact) mass is 420 g/mol. The first-order valence-electron chi connectivity index (χ1n) is 10.6. The summed E-state index contributed by atoms with van der Waals surface area (Å²) >= 11 is 0. The molecule has 8 nitrogen and oxygen atoms in total. The molecule has 2 rings (SSSR count). The van der Waals surface area contributed by atoms with E-state index in [0.29, 0.717) is 0 Å². The average Bonchev–Trinajstić information content (AvgIpc) is 3.20. The fraction of sp³-hybridized carbons (Fsp3) is 0.818. The van der Waals surface area contributed by atoms with E-state index in [1.54, 1.807) is 0 Å². The maximum Gasteiger partial charge on any atom is 0.407 e. The SMILES string of the molecule is CC(C)(C)OC(=O)N[C@@H]1CCC[C@@H]1C#N.CC(C)(C)OC(=O)N[C@H]1CCC[C@H]1C#N. The molecule has 8 heteroatoms. The molecule has 0 aromatic rings. The molecule has 2 aliphatic rings. The molecule has 0 aromatic carbocycles. The summed E-state index contributed by atoms with van der Waals surface area (Å²) in [6.45, 7) is 10.9. The van der Waals surface area contributed by atoms with Crippen LogP contribution in [0.4, 0.5) is 9.59 Å². The minimum absolute atomic E-state index is 0.0372. The van der Waals surface area contributed by atoms with Gasteiger partial charge in [-0.1, -0.05) is 0 Å². The van der Waals surface area contributed by atoms with Crippen molar-refractivity contribution in [2.24, 2.45) is 11.8 Å². The molecule has 0 saturated heterocycles. The lowest BCUT2D eigenvalue weighted by Crippen LogP contribution is -2.40. The van der Waals surface area contributed by atoms with E-state index >= 15 is 0 Å². The molecule has 0 aromatic heterocycles. The van der Waals surface area contributed by atoms with Crippen molar-refractivity contribution in [2.75, 3.05) is 0 Å². The molecule has 0 bridgehead atoms. The number of nitrogens with one attached hydrogen (secondary N) is 2. The molecule has 0 spiro atoms. The zero-order chi connectivity index (χ0) is 22.9.